The van der Waals surface area contributed by atoms with E-state index in [2.05, 4.69) is 34.4 Å². The number of aromatic nitrogens is 2. The van der Waals surface area contributed by atoms with Crippen molar-refractivity contribution in [2.24, 2.45) is 0 Å². The molecule has 0 fully saturated rings. The summed E-state index contributed by atoms with van der Waals surface area (Å²) in [6.07, 6.45) is 1.54. The maximum absolute atomic E-state index is 12.0. The summed E-state index contributed by atoms with van der Waals surface area (Å²) in [5, 5.41) is 5.05. The highest BCUT2D eigenvalue weighted by atomic mass is 16.2. The number of imidazole rings is 1. The Morgan fingerprint density at radius 1 is 1.20 bits per heavy atom. The molecule has 0 aliphatic carbocycles. The number of likely N-dealkylation sites (N-methyl/N-ethyl adjacent to an activating group) is 1. The molecule has 0 aliphatic heterocycles. The minimum atomic E-state index is -0.356. The van der Waals surface area contributed by atoms with Crippen LogP contribution in [0.5, 0.6) is 0 Å². The van der Waals surface area contributed by atoms with Crippen molar-refractivity contribution in [2.75, 3.05) is 33.7 Å². The second-order valence-electron chi connectivity index (χ2n) is 4.32. The lowest BCUT2D eigenvalue weighted by Gasteiger charge is -2.18. The summed E-state index contributed by atoms with van der Waals surface area (Å²) < 4.78 is 1.72. The Morgan fingerprint density at radius 3 is 2.30 bits per heavy atom. The fourth-order valence-electron chi connectivity index (χ4n) is 1.98. The Kier molecular flexibility index (Phi) is 6.17. The van der Waals surface area contributed by atoms with Crippen molar-refractivity contribution in [3.8, 4) is 0 Å². The number of rotatable bonds is 7. The van der Waals surface area contributed by atoms with Gasteiger partial charge in [0, 0.05) is 27.2 Å². The summed E-state index contributed by atoms with van der Waals surface area (Å²) in [6.45, 7) is 7.50. The fraction of sp³-hybridized carbons (Fsp3) is 0.615. The molecule has 20 heavy (non-hydrogen) atoms. The third-order valence-corrected chi connectivity index (χ3v) is 3.27. The van der Waals surface area contributed by atoms with Gasteiger partial charge in [-0.05, 0) is 13.1 Å². The highest BCUT2D eigenvalue weighted by Crippen LogP contribution is 2.08. The van der Waals surface area contributed by atoms with E-state index in [1.807, 2.05) is 0 Å². The van der Waals surface area contributed by atoms with E-state index in [1.165, 1.54) is 14.1 Å². The smallest absolute Gasteiger partial charge is 0.272 e. The molecule has 7 nitrogen and oxygen atoms in total. The number of hydrogen-bond donors (Lipinski definition) is 2. The Bertz CT molecular complexity index is 465. The molecule has 7 heteroatoms. The van der Waals surface area contributed by atoms with Crippen LogP contribution in [0.1, 0.15) is 34.8 Å². The minimum Gasteiger partial charge on any atom is -0.354 e. The van der Waals surface area contributed by atoms with Gasteiger partial charge in [-0.25, -0.2) is 4.98 Å². The maximum atomic E-state index is 12.0. The highest BCUT2D eigenvalue weighted by molar-refractivity contribution is 6.04. The van der Waals surface area contributed by atoms with E-state index in [0.717, 1.165) is 19.6 Å². The van der Waals surface area contributed by atoms with Crippen molar-refractivity contribution in [3.05, 3.63) is 17.7 Å². The molecular formula is C13H23N5O2. The quantitative estimate of drug-likeness (QED) is 0.734. The van der Waals surface area contributed by atoms with Crippen molar-refractivity contribution in [2.45, 2.75) is 20.4 Å². The number of nitrogens with zero attached hydrogens (tertiary/aromatic N) is 3. The second kappa shape index (κ2) is 7.64. The van der Waals surface area contributed by atoms with Gasteiger partial charge in [0.1, 0.15) is 5.69 Å². The SMILES string of the molecule is CCN(CC)CCn1cnc(C(=O)NC)c1C(=O)NC. The number of carbonyl (C=O) groups excluding carboxylic acids is 2. The van der Waals surface area contributed by atoms with Crippen LogP contribution in [-0.2, 0) is 6.54 Å². The maximum Gasteiger partial charge on any atom is 0.272 e. The Balaban J connectivity index is 2.98. The Labute approximate surface area is 119 Å². The highest BCUT2D eigenvalue weighted by Gasteiger charge is 2.22. The van der Waals surface area contributed by atoms with Crippen LogP contribution >= 0.6 is 0 Å². The van der Waals surface area contributed by atoms with Crippen molar-refractivity contribution >= 4 is 11.8 Å². The van der Waals surface area contributed by atoms with E-state index in [4.69, 9.17) is 0 Å². The van der Waals surface area contributed by atoms with Crippen LogP contribution in [0.2, 0.25) is 0 Å². The molecular weight excluding hydrogens is 258 g/mol. The van der Waals surface area contributed by atoms with Crippen LogP contribution < -0.4 is 10.6 Å². The second-order valence-corrected chi connectivity index (χ2v) is 4.32. The lowest BCUT2D eigenvalue weighted by Crippen LogP contribution is -2.30. The number of nitrogens with one attached hydrogen (secondary N) is 2. The molecule has 0 radical (unpaired) electrons. The van der Waals surface area contributed by atoms with Crippen molar-refractivity contribution in [1.29, 1.82) is 0 Å². The summed E-state index contributed by atoms with van der Waals surface area (Å²) >= 11 is 0. The molecule has 0 spiro atoms. The lowest BCUT2D eigenvalue weighted by molar-refractivity contribution is 0.0920. The molecule has 0 aromatic carbocycles. The molecule has 2 amide bonds. The van der Waals surface area contributed by atoms with Gasteiger partial charge >= 0.3 is 0 Å². The van der Waals surface area contributed by atoms with Crippen molar-refractivity contribution < 1.29 is 9.59 Å². The first-order chi connectivity index (χ1) is 9.58. The molecule has 0 bridgehead atoms. The first-order valence-electron chi connectivity index (χ1n) is 6.80. The first kappa shape index (κ1) is 16.2. The third kappa shape index (κ3) is 3.57. The number of hydrogen-bond acceptors (Lipinski definition) is 4. The molecule has 112 valence electrons. The van der Waals surface area contributed by atoms with Crippen LogP contribution in [0.3, 0.4) is 0 Å². The fourth-order valence-corrected chi connectivity index (χ4v) is 1.98. The van der Waals surface area contributed by atoms with E-state index >= 15 is 0 Å². The summed E-state index contributed by atoms with van der Waals surface area (Å²) in [5.74, 6) is -0.661. The third-order valence-electron chi connectivity index (χ3n) is 3.27. The molecule has 0 aliphatic rings. The van der Waals surface area contributed by atoms with Crippen LogP contribution in [0, 0.1) is 0 Å². The largest absolute Gasteiger partial charge is 0.354 e. The molecule has 0 atom stereocenters. The first-order valence-corrected chi connectivity index (χ1v) is 6.80. The van der Waals surface area contributed by atoms with Gasteiger partial charge in [0.2, 0.25) is 0 Å². The predicted octanol–water partition coefficient (Wildman–Crippen LogP) is -0.0559. The lowest BCUT2D eigenvalue weighted by atomic mass is 10.2. The standard InChI is InChI=1S/C13H23N5O2/c1-5-17(6-2)7-8-18-9-16-10(12(19)14-3)11(18)13(20)15-4/h9H,5-8H2,1-4H3,(H,14,19)(H,15,20). The molecule has 1 heterocycles. The Morgan fingerprint density at radius 2 is 1.80 bits per heavy atom. The zero-order valence-corrected chi connectivity index (χ0v) is 12.6. The average molecular weight is 281 g/mol. The number of amides is 2. The van der Waals surface area contributed by atoms with E-state index < -0.39 is 0 Å². The van der Waals surface area contributed by atoms with Gasteiger partial charge < -0.3 is 20.1 Å². The van der Waals surface area contributed by atoms with E-state index in [-0.39, 0.29) is 17.5 Å². The Hall–Kier alpha value is -1.89. The summed E-state index contributed by atoms with van der Waals surface area (Å²) in [5.41, 5.74) is 0.463. The van der Waals surface area contributed by atoms with Gasteiger partial charge in [-0.2, -0.15) is 0 Å². The van der Waals surface area contributed by atoms with Gasteiger partial charge in [-0.15, -0.1) is 0 Å². The summed E-state index contributed by atoms with van der Waals surface area (Å²) in [4.78, 5) is 30.0. The minimum absolute atomic E-state index is 0.159. The van der Waals surface area contributed by atoms with E-state index in [9.17, 15) is 9.59 Å². The van der Waals surface area contributed by atoms with Crippen LogP contribution in [-0.4, -0.2) is 60.0 Å². The van der Waals surface area contributed by atoms with Crippen molar-refractivity contribution in [3.63, 3.8) is 0 Å². The predicted molar refractivity (Wildman–Crippen MR) is 76.8 cm³/mol. The van der Waals surface area contributed by atoms with Gasteiger partial charge in [-0.3, -0.25) is 9.59 Å². The van der Waals surface area contributed by atoms with Crippen molar-refractivity contribution in [1.82, 2.24) is 25.1 Å². The molecule has 0 saturated heterocycles. The summed E-state index contributed by atoms with van der Waals surface area (Å²) in [6, 6.07) is 0. The molecule has 2 N–H and O–H groups in total. The molecule has 0 unspecified atom stereocenters. The zero-order valence-electron chi connectivity index (χ0n) is 12.6. The van der Waals surface area contributed by atoms with Gasteiger partial charge in [0.25, 0.3) is 11.8 Å². The summed E-state index contributed by atoms with van der Waals surface area (Å²) in [7, 11) is 3.06. The monoisotopic (exact) mass is 281 g/mol. The number of carbonyl (C=O) groups is 2. The van der Waals surface area contributed by atoms with Crippen LogP contribution in [0.4, 0.5) is 0 Å². The molecule has 0 saturated carbocycles. The van der Waals surface area contributed by atoms with E-state index in [1.54, 1.807) is 10.9 Å². The molecule has 1 rings (SSSR count). The normalized spacial score (nSPS) is 10.7. The zero-order chi connectivity index (χ0) is 15.1. The van der Waals surface area contributed by atoms with Gasteiger partial charge in [-0.1, -0.05) is 13.8 Å². The molecule has 1 aromatic rings. The topological polar surface area (TPSA) is 79.3 Å². The van der Waals surface area contributed by atoms with E-state index in [0.29, 0.717) is 12.2 Å². The van der Waals surface area contributed by atoms with Gasteiger partial charge in [0.05, 0.1) is 6.33 Å². The van der Waals surface area contributed by atoms with Crippen LogP contribution in [0.15, 0.2) is 6.33 Å². The van der Waals surface area contributed by atoms with Gasteiger partial charge in [0.15, 0.2) is 5.69 Å². The average Bonchev–Trinajstić information content (AvgIpc) is 2.90. The van der Waals surface area contributed by atoms with Crippen LogP contribution in [0.25, 0.3) is 0 Å². The molecule has 1 aromatic heterocycles.